The summed E-state index contributed by atoms with van der Waals surface area (Å²) in [6, 6.07) is 4.64. The lowest BCUT2D eigenvalue weighted by Crippen LogP contribution is -2.33. The second-order valence-electron chi connectivity index (χ2n) is 8.40. The van der Waals surface area contributed by atoms with Gasteiger partial charge in [-0.05, 0) is 43.5 Å². The molecule has 2 amide bonds. The first-order valence-electron chi connectivity index (χ1n) is 11.0. The number of aliphatic hydroxyl groups is 1. The molecule has 2 saturated heterocycles. The van der Waals surface area contributed by atoms with Crippen molar-refractivity contribution in [2.24, 2.45) is 0 Å². The summed E-state index contributed by atoms with van der Waals surface area (Å²) in [4.78, 5) is 20.7. The Labute approximate surface area is 204 Å². The van der Waals surface area contributed by atoms with Gasteiger partial charge in [0, 0.05) is 31.4 Å². The van der Waals surface area contributed by atoms with E-state index in [1.54, 1.807) is 21.7 Å². The van der Waals surface area contributed by atoms with Gasteiger partial charge in [0.05, 0.1) is 18.3 Å². The Morgan fingerprint density at radius 1 is 1.14 bits per heavy atom. The van der Waals surface area contributed by atoms with Gasteiger partial charge in [-0.3, -0.25) is 9.11 Å². The van der Waals surface area contributed by atoms with Crippen molar-refractivity contribution in [3.8, 4) is 0 Å². The fourth-order valence-electron chi connectivity index (χ4n) is 4.36. The van der Waals surface area contributed by atoms with E-state index in [1.165, 1.54) is 12.3 Å². The number of fused-ring (bicyclic) bond motifs is 1. The molecule has 0 aliphatic carbocycles. The third-order valence-electron chi connectivity index (χ3n) is 5.91. The van der Waals surface area contributed by atoms with Crippen LogP contribution in [0.5, 0.6) is 0 Å². The van der Waals surface area contributed by atoms with Crippen LogP contribution in [0.2, 0.25) is 0 Å². The average molecular weight is 527 g/mol. The minimum Gasteiger partial charge on any atom is -0.391 e. The number of rotatable bonds is 3. The third-order valence-corrected chi connectivity index (χ3v) is 5.91. The van der Waals surface area contributed by atoms with E-state index in [1.807, 2.05) is 4.90 Å². The second-order valence-corrected chi connectivity index (χ2v) is 9.29. The van der Waals surface area contributed by atoms with Gasteiger partial charge in [-0.1, -0.05) is 0 Å². The number of likely N-dealkylation sites (tertiary alicyclic amines) is 1. The highest BCUT2D eigenvalue weighted by atomic mass is 32.3. The number of hydrogen-bond donors (Lipinski definition) is 4. The molecule has 4 heterocycles. The summed E-state index contributed by atoms with van der Waals surface area (Å²) >= 11 is 0. The molecule has 0 saturated carbocycles. The van der Waals surface area contributed by atoms with E-state index in [0.717, 1.165) is 18.6 Å². The molecular formula is C21H24F2N6O6S. The van der Waals surface area contributed by atoms with Gasteiger partial charge in [-0.25, -0.2) is 23.1 Å². The number of carbonyl (C=O) groups is 1. The Kier molecular flexibility index (Phi) is 7.35. The van der Waals surface area contributed by atoms with Crippen LogP contribution in [-0.2, 0) is 10.4 Å². The Hall–Kier alpha value is -3.40. The van der Waals surface area contributed by atoms with Crippen LogP contribution in [0.3, 0.4) is 0 Å². The number of amides is 2. The molecule has 2 unspecified atom stereocenters. The second kappa shape index (κ2) is 10.3. The Balaban J connectivity index is 0.000000556. The van der Waals surface area contributed by atoms with Crippen molar-refractivity contribution in [2.75, 3.05) is 29.9 Å². The first kappa shape index (κ1) is 25.7. The highest BCUT2D eigenvalue weighted by molar-refractivity contribution is 7.79. The molecule has 12 nitrogen and oxygen atoms in total. The summed E-state index contributed by atoms with van der Waals surface area (Å²) in [7, 11) is -4.67. The van der Waals surface area contributed by atoms with Crippen LogP contribution in [-0.4, -0.2) is 73.9 Å². The van der Waals surface area contributed by atoms with Crippen molar-refractivity contribution in [1.29, 1.82) is 0 Å². The predicted octanol–water partition coefficient (Wildman–Crippen LogP) is 2.29. The van der Waals surface area contributed by atoms with E-state index in [9.17, 15) is 18.7 Å². The standard InChI is InChI=1S/C21H22F2N6O2.H2O4S/c22-13-3-4-16(23)15(10-13)18-2-1-7-28(18)19-6-9-29-20(26-19)17(11-24-29)25-21(31)27-8-5-14(30)12-27;1-5(2,3)4/h3-4,6,9-11,14,18,30H,1-2,5,7-8,12H2,(H,25,31);(H2,1,2,3,4). The topological polar surface area (TPSA) is 161 Å². The minimum atomic E-state index is -4.67. The molecule has 0 bridgehead atoms. The zero-order valence-corrected chi connectivity index (χ0v) is 19.6. The van der Waals surface area contributed by atoms with Crippen LogP contribution in [0.25, 0.3) is 5.65 Å². The monoisotopic (exact) mass is 526 g/mol. The molecule has 1 aromatic carbocycles. The van der Waals surface area contributed by atoms with Gasteiger partial charge in [-0.2, -0.15) is 13.5 Å². The van der Waals surface area contributed by atoms with E-state index in [2.05, 4.69) is 15.4 Å². The Morgan fingerprint density at radius 2 is 1.89 bits per heavy atom. The summed E-state index contributed by atoms with van der Waals surface area (Å²) in [5, 5.41) is 16.7. The minimum absolute atomic E-state index is 0.290. The van der Waals surface area contributed by atoms with Gasteiger partial charge >= 0.3 is 16.4 Å². The maximum absolute atomic E-state index is 14.4. The molecule has 2 aliphatic heterocycles. The number of benzene rings is 1. The highest BCUT2D eigenvalue weighted by Crippen LogP contribution is 2.37. The van der Waals surface area contributed by atoms with Crippen molar-refractivity contribution in [3.05, 3.63) is 53.9 Å². The molecule has 36 heavy (non-hydrogen) atoms. The largest absolute Gasteiger partial charge is 0.394 e. The summed E-state index contributed by atoms with van der Waals surface area (Å²) < 4.78 is 61.3. The van der Waals surface area contributed by atoms with Crippen LogP contribution in [0.1, 0.15) is 30.9 Å². The summed E-state index contributed by atoms with van der Waals surface area (Å²) in [6.45, 7) is 1.43. The number of halogens is 2. The number of urea groups is 1. The molecule has 2 aromatic heterocycles. The zero-order valence-electron chi connectivity index (χ0n) is 18.8. The molecule has 2 atom stereocenters. The highest BCUT2D eigenvalue weighted by Gasteiger charge is 2.30. The van der Waals surface area contributed by atoms with Crippen molar-refractivity contribution in [3.63, 3.8) is 0 Å². The molecule has 194 valence electrons. The molecular weight excluding hydrogens is 502 g/mol. The van der Waals surface area contributed by atoms with Crippen molar-refractivity contribution >= 4 is 33.6 Å². The third kappa shape index (κ3) is 6.04. The summed E-state index contributed by atoms with van der Waals surface area (Å²) in [5.41, 5.74) is 1.21. The number of nitrogens with one attached hydrogen (secondary N) is 1. The SMILES string of the molecule is O=C(Nc1cnn2ccc(N3CCCC3c3cc(F)ccc3F)nc12)N1CCC(O)C1.O=S(=O)(O)O. The van der Waals surface area contributed by atoms with Gasteiger partial charge in [0.2, 0.25) is 0 Å². The van der Waals surface area contributed by atoms with E-state index >= 15 is 0 Å². The number of aliphatic hydroxyl groups excluding tert-OH is 1. The molecule has 2 fully saturated rings. The van der Waals surface area contributed by atoms with E-state index in [0.29, 0.717) is 55.2 Å². The fraction of sp³-hybridized carbons (Fsp3) is 0.381. The van der Waals surface area contributed by atoms with Gasteiger partial charge in [0.1, 0.15) is 23.1 Å². The first-order chi connectivity index (χ1) is 17.0. The number of anilines is 2. The van der Waals surface area contributed by atoms with E-state index in [4.69, 9.17) is 17.5 Å². The van der Waals surface area contributed by atoms with Crippen molar-refractivity contribution < 1.29 is 36.2 Å². The predicted molar refractivity (Wildman–Crippen MR) is 124 cm³/mol. The number of β-amino-alcohol motifs (C(OH)–C–C–N with tert-alkyl or cyclic N) is 1. The molecule has 4 N–H and O–H groups in total. The van der Waals surface area contributed by atoms with Crippen molar-refractivity contribution in [1.82, 2.24) is 19.5 Å². The van der Waals surface area contributed by atoms with Crippen LogP contribution in [0.4, 0.5) is 25.1 Å². The van der Waals surface area contributed by atoms with Crippen LogP contribution in [0, 0.1) is 11.6 Å². The lowest BCUT2D eigenvalue weighted by molar-refractivity contribution is 0.176. The first-order valence-corrected chi connectivity index (χ1v) is 12.4. The summed E-state index contributed by atoms with van der Waals surface area (Å²) in [6.07, 6.45) is 4.81. The van der Waals surface area contributed by atoms with E-state index < -0.39 is 28.1 Å². The molecule has 3 aromatic rings. The van der Waals surface area contributed by atoms with Gasteiger partial charge in [0.25, 0.3) is 0 Å². The zero-order chi connectivity index (χ0) is 26.0. The lowest BCUT2D eigenvalue weighted by atomic mass is 10.0. The lowest BCUT2D eigenvalue weighted by Gasteiger charge is -2.26. The van der Waals surface area contributed by atoms with Gasteiger partial charge in [0.15, 0.2) is 5.65 Å². The number of aromatic nitrogens is 3. The molecule has 0 radical (unpaired) electrons. The maximum atomic E-state index is 14.4. The summed E-state index contributed by atoms with van der Waals surface area (Å²) in [5.74, 6) is -0.310. The molecule has 15 heteroatoms. The van der Waals surface area contributed by atoms with Crippen molar-refractivity contribution in [2.45, 2.75) is 31.4 Å². The molecule has 0 spiro atoms. The normalized spacial score (nSPS) is 19.9. The number of carbonyl (C=O) groups excluding carboxylic acids is 1. The fourth-order valence-corrected chi connectivity index (χ4v) is 4.36. The Bertz CT molecular complexity index is 1360. The average Bonchev–Trinajstić information content (AvgIpc) is 3.54. The molecule has 2 aliphatic rings. The van der Waals surface area contributed by atoms with Crippen LogP contribution < -0.4 is 10.2 Å². The quantitative estimate of drug-likeness (QED) is 0.375. The smallest absolute Gasteiger partial charge is 0.391 e. The van der Waals surface area contributed by atoms with Crippen LogP contribution >= 0.6 is 0 Å². The van der Waals surface area contributed by atoms with Gasteiger partial charge in [-0.15, -0.1) is 0 Å². The Morgan fingerprint density at radius 3 is 2.58 bits per heavy atom. The van der Waals surface area contributed by atoms with Crippen LogP contribution in [0.15, 0.2) is 36.7 Å². The molecule has 5 rings (SSSR count). The van der Waals surface area contributed by atoms with Gasteiger partial charge < -0.3 is 20.2 Å². The van der Waals surface area contributed by atoms with E-state index in [-0.39, 0.29) is 12.1 Å². The maximum Gasteiger partial charge on any atom is 0.394 e. The number of hydrogen-bond acceptors (Lipinski definition) is 7. The number of nitrogens with zero attached hydrogens (tertiary/aromatic N) is 5.